The summed E-state index contributed by atoms with van der Waals surface area (Å²) in [5.41, 5.74) is 4.48. The fraction of sp³-hybridized carbons (Fsp3) is 0.167. The van der Waals surface area contributed by atoms with Crippen LogP contribution in [0.25, 0.3) is 0 Å². The lowest BCUT2D eigenvalue weighted by molar-refractivity contribution is -0.126. The Morgan fingerprint density at radius 1 is 1.20 bits per heavy atom. The van der Waals surface area contributed by atoms with Crippen molar-refractivity contribution in [1.29, 1.82) is 0 Å². The third kappa shape index (κ3) is 5.35. The zero-order valence-electron chi connectivity index (χ0n) is 13.9. The van der Waals surface area contributed by atoms with E-state index in [0.29, 0.717) is 17.0 Å². The number of nitrogens with zero attached hydrogens (tertiary/aromatic N) is 1. The number of benzene rings is 2. The Morgan fingerprint density at radius 3 is 2.68 bits per heavy atom. The largest absolute Gasteiger partial charge is 0.504 e. The molecule has 2 rings (SSSR count). The van der Waals surface area contributed by atoms with Gasteiger partial charge in [0.25, 0.3) is 0 Å². The minimum atomic E-state index is -0.534. The number of hydrogen-bond acceptors (Lipinski definition) is 5. The van der Waals surface area contributed by atoms with Crippen molar-refractivity contribution in [2.24, 2.45) is 5.10 Å². The highest BCUT2D eigenvalue weighted by Crippen LogP contribution is 2.25. The van der Waals surface area contributed by atoms with Gasteiger partial charge in [0.05, 0.1) is 13.3 Å². The molecule has 3 N–H and O–H groups in total. The number of para-hydroxylation sites is 1. The average molecular weight is 341 g/mol. The number of phenols is 1. The van der Waals surface area contributed by atoms with Gasteiger partial charge in [-0.3, -0.25) is 9.59 Å². The van der Waals surface area contributed by atoms with Gasteiger partial charge in [0.1, 0.15) is 6.42 Å². The summed E-state index contributed by atoms with van der Waals surface area (Å²) in [7, 11) is 1.44. The summed E-state index contributed by atoms with van der Waals surface area (Å²) in [4.78, 5) is 23.6. The first-order chi connectivity index (χ1) is 12.0. The van der Waals surface area contributed by atoms with Crippen LogP contribution in [0.4, 0.5) is 5.69 Å². The molecule has 0 fully saturated rings. The summed E-state index contributed by atoms with van der Waals surface area (Å²) in [5, 5.41) is 16.0. The number of hydrazone groups is 1. The number of carbonyl (C=O) groups is 2. The molecular weight excluding hydrogens is 322 g/mol. The first kappa shape index (κ1) is 18.0. The number of anilines is 1. The van der Waals surface area contributed by atoms with Crippen LogP contribution in [0, 0.1) is 6.92 Å². The second-order valence-corrected chi connectivity index (χ2v) is 5.26. The molecule has 0 unspecified atom stereocenters. The van der Waals surface area contributed by atoms with Crippen LogP contribution in [0.3, 0.4) is 0 Å². The molecule has 0 aliphatic carbocycles. The molecule has 0 radical (unpaired) electrons. The van der Waals surface area contributed by atoms with E-state index in [1.54, 1.807) is 24.3 Å². The van der Waals surface area contributed by atoms with Crippen LogP contribution in [0.1, 0.15) is 17.5 Å². The molecule has 7 heteroatoms. The van der Waals surface area contributed by atoms with Crippen LogP contribution in [0.15, 0.2) is 47.6 Å². The third-order valence-electron chi connectivity index (χ3n) is 3.35. The van der Waals surface area contributed by atoms with Gasteiger partial charge in [0, 0.05) is 5.69 Å². The Morgan fingerprint density at radius 2 is 1.96 bits per heavy atom. The topological polar surface area (TPSA) is 100 Å². The Kier molecular flexibility index (Phi) is 6.11. The SMILES string of the molecule is COc1cc(/C=N/NC(=O)CC(=O)Nc2ccccc2C)ccc1O. The number of carbonyl (C=O) groups excluding carboxylic acids is 2. The van der Waals surface area contributed by atoms with Gasteiger partial charge in [0.15, 0.2) is 11.5 Å². The van der Waals surface area contributed by atoms with E-state index in [1.165, 1.54) is 19.4 Å². The first-order valence-electron chi connectivity index (χ1n) is 7.54. The smallest absolute Gasteiger partial charge is 0.249 e. The fourth-order valence-electron chi connectivity index (χ4n) is 2.05. The van der Waals surface area contributed by atoms with Crippen LogP contribution in [-0.4, -0.2) is 30.2 Å². The summed E-state index contributed by atoms with van der Waals surface area (Å²) in [5.74, 6) is -0.647. The van der Waals surface area contributed by atoms with Crippen LogP contribution >= 0.6 is 0 Å². The molecule has 0 aliphatic rings. The number of aryl methyl sites for hydroxylation is 1. The minimum Gasteiger partial charge on any atom is -0.504 e. The van der Waals surface area contributed by atoms with Gasteiger partial charge in [-0.2, -0.15) is 5.10 Å². The van der Waals surface area contributed by atoms with Crippen molar-refractivity contribution < 1.29 is 19.4 Å². The standard InChI is InChI=1S/C18H19N3O4/c1-12-5-3-4-6-14(12)20-17(23)10-18(24)21-19-11-13-7-8-15(22)16(9-13)25-2/h3-9,11,22H,10H2,1-2H3,(H,20,23)(H,21,24)/b19-11+. The molecule has 0 spiro atoms. The predicted octanol–water partition coefficient (Wildman–Crippen LogP) is 2.19. The van der Waals surface area contributed by atoms with Gasteiger partial charge in [-0.1, -0.05) is 18.2 Å². The van der Waals surface area contributed by atoms with E-state index in [1.807, 2.05) is 19.1 Å². The molecule has 0 saturated carbocycles. The maximum atomic E-state index is 11.9. The molecular formula is C18H19N3O4. The molecule has 0 saturated heterocycles. The van der Waals surface area contributed by atoms with Crippen LogP contribution in [0.5, 0.6) is 11.5 Å². The van der Waals surface area contributed by atoms with E-state index >= 15 is 0 Å². The Balaban J connectivity index is 1.86. The second-order valence-electron chi connectivity index (χ2n) is 5.26. The lowest BCUT2D eigenvalue weighted by atomic mass is 10.2. The summed E-state index contributed by atoms with van der Waals surface area (Å²) in [6.07, 6.45) is 1.05. The minimum absolute atomic E-state index is 0.0107. The highest BCUT2D eigenvalue weighted by atomic mass is 16.5. The molecule has 130 valence electrons. The number of hydrogen-bond donors (Lipinski definition) is 3. The van der Waals surface area contributed by atoms with E-state index in [2.05, 4.69) is 15.8 Å². The quantitative estimate of drug-likeness (QED) is 0.426. The predicted molar refractivity (Wildman–Crippen MR) is 94.8 cm³/mol. The lowest BCUT2D eigenvalue weighted by Crippen LogP contribution is -2.24. The Bertz CT molecular complexity index is 803. The van der Waals surface area contributed by atoms with E-state index in [9.17, 15) is 14.7 Å². The Hall–Kier alpha value is -3.35. The highest BCUT2D eigenvalue weighted by Gasteiger charge is 2.10. The zero-order valence-corrected chi connectivity index (χ0v) is 13.9. The van der Waals surface area contributed by atoms with Crippen molar-refractivity contribution in [1.82, 2.24) is 5.43 Å². The summed E-state index contributed by atoms with van der Waals surface area (Å²) in [6, 6.07) is 11.9. The van der Waals surface area contributed by atoms with Gasteiger partial charge in [-0.05, 0) is 42.3 Å². The molecule has 2 amide bonds. The van der Waals surface area contributed by atoms with Crippen molar-refractivity contribution in [3.05, 3.63) is 53.6 Å². The second kappa shape index (κ2) is 8.49. The van der Waals surface area contributed by atoms with Gasteiger partial charge in [-0.25, -0.2) is 5.43 Å². The molecule has 0 atom stereocenters. The molecule has 7 nitrogen and oxygen atoms in total. The molecule has 0 heterocycles. The van der Waals surface area contributed by atoms with Crippen LogP contribution in [-0.2, 0) is 9.59 Å². The summed E-state index contributed by atoms with van der Waals surface area (Å²) in [6.45, 7) is 1.87. The van der Waals surface area contributed by atoms with Crippen molar-refractivity contribution in [2.45, 2.75) is 13.3 Å². The number of ether oxygens (including phenoxy) is 1. The molecule has 25 heavy (non-hydrogen) atoms. The number of phenolic OH excluding ortho intramolecular Hbond substituents is 1. The van der Waals surface area contributed by atoms with Gasteiger partial charge < -0.3 is 15.2 Å². The van der Waals surface area contributed by atoms with Crippen LogP contribution in [0.2, 0.25) is 0 Å². The zero-order chi connectivity index (χ0) is 18.2. The summed E-state index contributed by atoms with van der Waals surface area (Å²) < 4.78 is 4.98. The van der Waals surface area contributed by atoms with Crippen molar-refractivity contribution in [3.8, 4) is 11.5 Å². The van der Waals surface area contributed by atoms with Gasteiger partial charge in [0.2, 0.25) is 11.8 Å². The number of rotatable bonds is 6. The Labute approximate surface area is 145 Å². The highest BCUT2D eigenvalue weighted by molar-refractivity contribution is 6.04. The average Bonchev–Trinajstić information content (AvgIpc) is 2.58. The van der Waals surface area contributed by atoms with E-state index < -0.39 is 11.8 Å². The summed E-state index contributed by atoms with van der Waals surface area (Å²) >= 11 is 0. The molecule has 2 aromatic rings. The number of nitrogens with one attached hydrogen (secondary N) is 2. The molecule has 0 aromatic heterocycles. The molecule has 0 aliphatic heterocycles. The number of methoxy groups -OCH3 is 1. The number of aromatic hydroxyl groups is 1. The van der Waals surface area contributed by atoms with Gasteiger partial charge in [-0.15, -0.1) is 0 Å². The van der Waals surface area contributed by atoms with Crippen molar-refractivity contribution in [3.63, 3.8) is 0 Å². The number of amides is 2. The molecule has 2 aromatic carbocycles. The third-order valence-corrected chi connectivity index (χ3v) is 3.35. The van der Waals surface area contributed by atoms with Gasteiger partial charge >= 0.3 is 0 Å². The van der Waals surface area contributed by atoms with E-state index in [4.69, 9.17) is 4.74 Å². The van der Waals surface area contributed by atoms with Crippen molar-refractivity contribution >= 4 is 23.7 Å². The first-order valence-corrected chi connectivity index (χ1v) is 7.54. The van der Waals surface area contributed by atoms with E-state index in [-0.39, 0.29) is 12.2 Å². The molecule has 0 bridgehead atoms. The van der Waals surface area contributed by atoms with Crippen LogP contribution < -0.4 is 15.5 Å². The van der Waals surface area contributed by atoms with E-state index in [0.717, 1.165) is 5.56 Å². The maximum absolute atomic E-state index is 11.9. The maximum Gasteiger partial charge on any atom is 0.249 e. The van der Waals surface area contributed by atoms with Crippen molar-refractivity contribution in [2.75, 3.05) is 12.4 Å². The fourth-order valence-corrected chi connectivity index (χ4v) is 2.05. The normalized spacial score (nSPS) is 10.5. The monoisotopic (exact) mass is 341 g/mol. The lowest BCUT2D eigenvalue weighted by Gasteiger charge is -2.07.